The van der Waals surface area contributed by atoms with E-state index in [1.54, 1.807) is 30.9 Å². The van der Waals surface area contributed by atoms with E-state index in [2.05, 4.69) is 20.6 Å². The molecule has 0 aliphatic rings. The normalized spacial score (nSPS) is 10.3. The van der Waals surface area contributed by atoms with E-state index in [0.717, 1.165) is 0 Å². The predicted octanol–water partition coefficient (Wildman–Crippen LogP) is -1.40. The maximum absolute atomic E-state index is 12.3. The monoisotopic (exact) mass is 347 g/mol. The molecule has 0 spiro atoms. The molecule has 2 rings (SSSR count). The van der Waals surface area contributed by atoms with Crippen molar-refractivity contribution in [3.05, 3.63) is 30.0 Å². The van der Waals surface area contributed by atoms with Gasteiger partial charge in [0.1, 0.15) is 11.5 Å². The number of carbonyl (C=O) groups is 2. The number of nitrogens with one attached hydrogen (secondary N) is 2. The van der Waals surface area contributed by atoms with Crippen molar-refractivity contribution in [1.29, 1.82) is 0 Å². The van der Waals surface area contributed by atoms with Gasteiger partial charge in [-0.05, 0) is 6.07 Å². The first-order chi connectivity index (χ1) is 11.8. The zero-order chi connectivity index (χ0) is 18.6. The number of carbonyl (C=O) groups excluding carboxylic acids is 2. The summed E-state index contributed by atoms with van der Waals surface area (Å²) in [6.45, 7) is 0.512. The average Bonchev–Trinajstić information content (AvgIpc) is 3.05. The van der Waals surface area contributed by atoms with Crippen LogP contribution in [0, 0.1) is 0 Å². The maximum atomic E-state index is 12.3. The lowest BCUT2D eigenvalue weighted by atomic mass is 10.3. The maximum Gasteiger partial charge on any atom is 0.291 e. The summed E-state index contributed by atoms with van der Waals surface area (Å²) in [5, 5.41) is 5.34. The molecule has 2 amide bonds. The number of aromatic nitrogens is 3. The van der Waals surface area contributed by atoms with Crippen molar-refractivity contribution in [3.8, 4) is 0 Å². The highest BCUT2D eigenvalue weighted by Crippen LogP contribution is 2.17. The summed E-state index contributed by atoms with van der Waals surface area (Å²) in [7, 11) is 3.35. The molecule has 0 unspecified atom stereocenters. The fourth-order valence-electron chi connectivity index (χ4n) is 2.23. The van der Waals surface area contributed by atoms with E-state index >= 15 is 0 Å². The van der Waals surface area contributed by atoms with Crippen LogP contribution in [0.3, 0.4) is 0 Å². The number of aryl methyl sites for hydroxylation is 2. The van der Waals surface area contributed by atoms with Gasteiger partial charge >= 0.3 is 0 Å². The van der Waals surface area contributed by atoms with E-state index in [1.165, 1.54) is 10.8 Å². The predicted molar refractivity (Wildman–Crippen MR) is 94.0 cm³/mol. The van der Waals surface area contributed by atoms with Crippen LogP contribution in [0.1, 0.15) is 21.1 Å². The van der Waals surface area contributed by atoms with Gasteiger partial charge < -0.3 is 37.0 Å². The van der Waals surface area contributed by atoms with Crippen LogP contribution in [-0.4, -0.2) is 45.0 Å². The van der Waals surface area contributed by atoms with Gasteiger partial charge in [0.2, 0.25) is 5.82 Å². The van der Waals surface area contributed by atoms with Crippen molar-refractivity contribution in [2.45, 2.75) is 0 Å². The van der Waals surface area contributed by atoms with E-state index in [0.29, 0.717) is 11.4 Å². The number of imidazole rings is 1. The summed E-state index contributed by atoms with van der Waals surface area (Å²) in [4.78, 5) is 32.4. The number of amides is 2. The van der Waals surface area contributed by atoms with E-state index in [4.69, 9.17) is 17.2 Å². The SMILES string of the molecule is Cn1cc(N)nc1C(=O)Nc1ccn(C)c1C(=O)NCCN=C(N)N. The molecule has 2 aromatic heterocycles. The van der Waals surface area contributed by atoms with Crippen LogP contribution in [0.4, 0.5) is 11.5 Å². The molecular formula is C14H21N9O2. The molecule has 2 heterocycles. The summed E-state index contributed by atoms with van der Waals surface area (Å²) >= 11 is 0. The highest BCUT2D eigenvalue weighted by atomic mass is 16.2. The van der Waals surface area contributed by atoms with Crippen molar-refractivity contribution < 1.29 is 9.59 Å². The van der Waals surface area contributed by atoms with Gasteiger partial charge in [-0.25, -0.2) is 4.98 Å². The summed E-state index contributed by atoms with van der Waals surface area (Å²) in [5.74, 6) is -0.512. The second kappa shape index (κ2) is 7.38. The highest BCUT2D eigenvalue weighted by Gasteiger charge is 2.20. The Morgan fingerprint density at radius 3 is 2.56 bits per heavy atom. The van der Waals surface area contributed by atoms with Crippen molar-refractivity contribution >= 4 is 29.3 Å². The van der Waals surface area contributed by atoms with Gasteiger partial charge in [0.25, 0.3) is 11.8 Å². The van der Waals surface area contributed by atoms with Crippen LogP contribution in [-0.2, 0) is 14.1 Å². The third kappa shape index (κ3) is 4.28. The topological polar surface area (TPSA) is 171 Å². The van der Waals surface area contributed by atoms with Crippen LogP contribution < -0.4 is 27.8 Å². The zero-order valence-corrected chi connectivity index (χ0v) is 14.0. The molecule has 0 saturated heterocycles. The first-order valence-corrected chi connectivity index (χ1v) is 7.38. The van der Waals surface area contributed by atoms with Crippen LogP contribution in [0.15, 0.2) is 23.5 Å². The van der Waals surface area contributed by atoms with Crippen molar-refractivity contribution in [1.82, 2.24) is 19.4 Å². The quantitative estimate of drug-likeness (QED) is 0.244. The molecule has 0 saturated carbocycles. The highest BCUT2D eigenvalue weighted by molar-refractivity contribution is 6.07. The number of nitrogens with two attached hydrogens (primary N) is 3. The number of anilines is 2. The molecule has 11 nitrogen and oxygen atoms in total. The lowest BCUT2D eigenvalue weighted by Gasteiger charge is -2.09. The number of nitrogens with zero attached hydrogens (tertiary/aromatic N) is 4. The third-order valence-electron chi connectivity index (χ3n) is 3.33. The van der Waals surface area contributed by atoms with E-state index < -0.39 is 5.91 Å². The molecule has 25 heavy (non-hydrogen) atoms. The molecule has 2 aromatic rings. The Bertz CT molecular complexity index is 814. The van der Waals surface area contributed by atoms with E-state index in [9.17, 15) is 9.59 Å². The lowest BCUT2D eigenvalue weighted by Crippen LogP contribution is -2.30. The molecule has 11 heteroatoms. The minimum Gasteiger partial charge on any atom is -0.382 e. The summed E-state index contributed by atoms with van der Waals surface area (Å²) in [5.41, 5.74) is 16.7. The molecule has 0 aromatic carbocycles. The molecule has 0 aliphatic heterocycles. The summed E-state index contributed by atoms with van der Waals surface area (Å²) in [6.07, 6.45) is 3.19. The fraction of sp³-hybridized carbons (Fsp3) is 0.286. The number of hydrogen-bond acceptors (Lipinski definition) is 5. The van der Waals surface area contributed by atoms with Crippen molar-refractivity contribution in [2.24, 2.45) is 30.6 Å². The van der Waals surface area contributed by atoms with E-state index in [-0.39, 0.29) is 36.6 Å². The summed E-state index contributed by atoms with van der Waals surface area (Å²) < 4.78 is 3.10. The first kappa shape index (κ1) is 17.8. The van der Waals surface area contributed by atoms with Crippen LogP contribution in [0.25, 0.3) is 0 Å². The minimum absolute atomic E-state index is 0.0459. The average molecular weight is 347 g/mol. The largest absolute Gasteiger partial charge is 0.382 e. The molecule has 8 N–H and O–H groups in total. The number of nitrogen functional groups attached to an aromatic ring is 1. The molecular weight excluding hydrogens is 326 g/mol. The van der Waals surface area contributed by atoms with Crippen molar-refractivity contribution in [3.63, 3.8) is 0 Å². The Balaban J connectivity index is 2.10. The number of aliphatic imine (C=N–C) groups is 1. The minimum atomic E-state index is -0.472. The van der Waals surface area contributed by atoms with Crippen molar-refractivity contribution in [2.75, 3.05) is 24.1 Å². The zero-order valence-electron chi connectivity index (χ0n) is 14.0. The van der Waals surface area contributed by atoms with Gasteiger partial charge in [0.05, 0.1) is 12.2 Å². The molecule has 0 fully saturated rings. The standard InChI is InChI=1S/C14H21N9O2/c1-22-6-3-8(10(22)12(24)18-4-5-19-14(16)17)20-13(25)11-21-9(15)7-23(11)2/h3,6-7H,4-5,15H2,1-2H3,(H,18,24)(H,20,25)(H4,16,17,19). The molecule has 134 valence electrons. The Morgan fingerprint density at radius 2 is 1.96 bits per heavy atom. The number of guanidine groups is 1. The Hall–Kier alpha value is -3.50. The van der Waals surface area contributed by atoms with Crippen LogP contribution in [0.5, 0.6) is 0 Å². The fourth-order valence-corrected chi connectivity index (χ4v) is 2.23. The smallest absolute Gasteiger partial charge is 0.291 e. The Kier molecular flexibility index (Phi) is 5.27. The van der Waals surface area contributed by atoms with E-state index in [1.807, 2.05) is 0 Å². The molecule has 0 radical (unpaired) electrons. The Labute approximate surface area is 143 Å². The van der Waals surface area contributed by atoms with Crippen LogP contribution >= 0.6 is 0 Å². The molecule has 0 bridgehead atoms. The molecule has 0 atom stereocenters. The second-order valence-electron chi connectivity index (χ2n) is 5.31. The molecule has 0 aliphatic carbocycles. The lowest BCUT2D eigenvalue weighted by molar-refractivity contribution is 0.0947. The summed E-state index contributed by atoms with van der Waals surface area (Å²) in [6, 6.07) is 1.62. The second-order valence-corrected chi connectivity index (χ2v) is 5.31. The van der Waals surface area contributed by atoms with Gasteiger partial charge in [-0.2, -0.15) is 0 Å². The van der Waals surface area contributed by atoms with Gasteiger partial charge in [0.15, 0.2) is 5.96 Å². The number of hydrogen-bond donors (Lipinski definition) is 5. The first-order valence-electron chi connectivity index (χ1n) is 7.38. The van der Waals surface area contributed by atoms with Gasteiger partial charge in [-0.15, -0.1) is 0 Å². The van der Waals surface area contributed by atoms with Gasteiger partial charge in [0, 0.05) is 33.0 Å². The Morgan fingerprint density at radius 1 is 1.24 bits per heavy atom. The van der Waals surface area contributed by atoms with Gasteiger partial charge in [-0.3, -0.25) is 14.6 Å². The van der Waals surface area contributed by atoms with Gasteiger partial charge in [-0.1, -0.05) is 0 Å². The van der Waals surface area contributed by atoms with Crippen LogP contribution in [0.2, 0.25) is 0 Å². The third-order valence-corrected chi connectivity index (χ3v) is 3.33. The number of rotatable bonds is 6.